The van der Waals surface area contributed by atoms with Gasteiger partial charge in [-0.05, 0) is 6.07 Å². The number of amides is 1. The zero-order valence-corrected chi connectivity index (χ0v) is 8.77. The van der Waals surface area contributed by atoms with E-state index in [2.05, 4.69) is 20.5 Å². The monoisotopic (exact) mass is 235 g/mol. The first kappa shape index (κ1) is 11.1. The summed E-state index contributed by atoms with van der Waals surface area (Å²) < 4.78 is 12.9. The molecular formula is C10H10FN5O. The average molecular weight is 235 g/mol. The van der Waals surface area contributed by atoms with Gasteiger partial charge in [-0.2, -0.15) is 5.10 Å². The number of nitrogen functional groups attached to an aromatic ring is 1. The molecule has 2 rings (SSSR count). The number of rotatable bonds is 3. The van der Waals surface area contributed by atoms with E-state index in [0.717, 1.165) is 17.8 Å². The van der Waals surface area contributed by atoms with Gasteiger partial charge < -0.3 is 11.1 Å². The minimum Gasteiger partial charge on any atom is -0.383 e. The summed E-state index contributed by atoms with van der Waals surface area (Å²) in [5.41, 5.74) is 6.31. The van der Waals surface area contributed by atoms with E-state index in [9.17, 15) is 9.18 Å². The van der Waals surface area contributed by atoms with Crippen LogP contribution >= 0.6 is 0 Å². The Balaban J connectivity index is 2.07. The van der Waals surface area contributed by atoms with Crippen molar-refractivity contribution in [3.05, 3.63) is 41.6 Å². The number of halogens is 1. The van der Waals surface area contributed by atoms with Crippen LogP contribution < -0.4 is 11.1 Å². The van der Waals surface area contributed by atoms with Crippen molar-refractivity contribution >= 4 is 11.7 Å². The highest BCUT2D eigenvalue weighted by atomic mass is 19.1. The van der Waals surface area contributed by atoms with Crippen LogP contribution in [0.15, 0.2) is 24.7 Å². The summed E-state index contributed by atoms with van der Waals surface area (Å²) in [5.74, 6) is -1.08. The Bertz CT molecular complexity index is 525. The number of carbonyl (C=O) groups excluding carboxylic acids is 1. The molecule has 7 heteroatoms. The Hall–Kier alpha value is -2.44. The lowest BCUT2D eigenvalue weighted by Gasteiger charge is -2.05. The second-order valence-corrected chi connectivity index (χ2v) is 3.38. The van der Waals surface area contributed by atoms with E-state index in [1.54, 1.807) is 12.4 Å². The molecule has 0 aliphatic rings. The minimum absolute atomic E-state index is 0.00362. The summed E-state index contributed by atoms with van der Waals surface area (Å²) in [5, 5.41) is 8.93. The van der Waals surface area contributed by atoms with Gasteiger partial charge in [-0.3, -0.25) is 9.89 Å². The quantitative estimate of drug-likeness (QED) is 0.719. The first-order valence-corrected chi connectivity index (χ1v) is 4.83. The number of nitrogens with one attached hydrogen (secondary N) is 2. The first-order chi connectivity index (χ1) is 8.16. The maximum Gasteiger partial charge on any atom is 0.255 e. The third-order valence-electron chi connectivity index (χ3n) is 2.14. The number of carbonyl (C=O) groups is 1. The van der Waals surface area contributed by atoms with Crippen LogP contribution in [-0.4, -0.2) is 21.1 Å². The van der Waals surface area contributed by atoms with Crippen molar-refractivity contribution in [2.45, 2.75) is 6.54 Å². The molecule has 0 atom stereocenters. The van der Waals surface area contributed by atoms with E-state index in [4.69, 9.17) is 5.73 Å². The van der Waals surface area contributed by atoms with Crippen molar-refractivity contribution in [3.8, 4) is 0 Å². The Morgan fingerprint density at radius 1 is 1.53 bits per heavy atom. The van der Waals surface area contributed by atoms with E-state index in [1.165, 1.54) is 0 Å². The fourth-order valence-corrected chi connectivity index (χ4v) is 1.28. The molecule has 2 aromatic rings. The molecule has 17 heavy (non-hydrogen) atoms. The predicted octanol–water partition coefficient (Wildman–Crippen LogP) is 0.456. The van der Waals surface area contributed by atoms with Gasteiger partial charge in [0.15, 0.2) is 0 Å². The van der Waals surface area contributed by atoms with Crippen molar-refractivity contribution < 1.29 is 9.18 Å². The van der Waals surface area contributed by atoms with E-state index in [0.29, 0.717) is 0 Å². The molecule has 2 aromatic heterocycles. The van der Waals surface area contributed by atoms with E-state index in [-0.39, 0.29) is 17.9 Å². The van der Waals surface area contributed by atoms with Crippen LogP contribution in [0.4, 0.5) is 10.2 Å². The predicted molar refractivity (Wildman–Crippen MR) is 58.4 cm³/mol. The molecule has 6 nitrogen and oxygen atoms in total. The average Bonchev–Trinajstić information content (AvgIpc) is 2.82. The normalized spacial score (nSPS) is 10.2. The second kappa shape index (κ2) is 4.60. The Kier molecular flexibility index (Phi) is 2.99. The number of H-pyrrole nitrogens is 1. The van der Waals surface area contributed by atoms with E-state index in [1.807, 2.05) is 0 Å². The molecule has 0 radical (unpaired) electrons. The largest absolute Gasteiger partial charge is 0.383 e. The minimum atomic E-state index is -0.604. The molecule has 1 amide bonds. The number of anilines is 1. The maximum atomic E-state index is 12.9. The molecule has 4 N–H and O–H groups in total. The molecule has 88 valence electrons. The van der Waals surface area contributed by atoms with Gasteiger partial charge in [-0.15, -0.1) is 0 Å². The van der Waals surface area contributed by atoms with Crippen LogP contribution in [0.3, 0.4) is 0 Å². The van der Waals surface area contributed by atoms with Crippen molar-refractivity contribution in [1.29, 1.82) is 0 Å². The number of aromatic amines is 1. The molecule has 0 fully saturated rings. The van der Waals surface area contributed by atoms with Gasteiger partial charge in [-0.25, -0.2) is 9.37 Å². The Morgan fingerprint density at radius 3 is 3.06 bits per heavy atom. The number of nitrogens with zero attached hydrogens (tertiary/aromatic N) is 2. The number of pyridine rings is 1. The summed E-state index contributed by atoms with van der Waals surface area (Å²) in [6.07, 6.45) is 4.18. The highest BCUT2D eigenvalue weighted by Crippen LogP contribution is 2.09. The smallest absolute Gasteiger partial charge is 0.255 e. The van der Waals surface area contributed by atoms with Gasteiger partial charge in [0.1, 0.15) is 11.6 Å². The third kappa shape index (κ3) is 2.57. The van der Waals surface area contributed by atoms with E-state index < -0.39 is 11.7 Å². The molecule has 2 heterocycles. The highest BCUT2D eigenvalue weighted by molar-refractivity contribution is 5.98. The number of nitrogens with two attached hydrogens (primary N) is 1. The molecular weight excluding hydrogens is 225 g/mol. The summed E-state index contributed by atoms with van der Waals surface area (Å²) in [6.45, 7) is 0.283. The molecule has 0 aliphatic carbocycles. The fraction of sp³-hybridized carbons (Fsp3) is 0.100. The van der Waals surface area contributed by atoms with Gasteiger partial charge >= 0.3 is 0 Å². The van der Waals surface area contributed by atoms with Crippen LogP contribution in [0, 0.1) is 5.82 Å². The Labute approximate surface area is 96.1 Å². The summed E-state index contributed by atoms with van der Waals surface area (Å²) >= 11 is 0. The van der Waals surface area contributed by atoms with Crippen LogP contribution in [0.2, 0.25) is 0 Å². The molecule has 0 saturated carbocycles. The summed E-state index contributed by atoms with van der Waals surface area (Å²) in [6, 6.07) is 1.05. The van der Waals surface area contributed by atoms with Gasteiger partial charge in [0.05, 0.1) is 18.0 Å². The molecule has 0 saturated heterocycles. The van der Waals surface area contributed by atoms with Crippen molar-refractivity contribution in [3.63, 3.8) is 0 Å². The zero-order valence-electron chi connectivity index (χ0n) is 8.77. The molecule has 0 bridgehead atoms. The summed E-state index contributed by atoms with van der Waals surface area (Å²) in [4.78, 5) is 15.3. The van der Waals surface area contributed by atoms with E-state index >= 15 is 0 Å². The van der Waals surface area contributed by atoms with Gasteiger partial charge in [0.2, 0.25) is 0 Å². The maximum absolute atomic E-state index is 12.9. The lowest BCUT2D eigenvalue weighted by atomic mass is 10.2. The first-order valence-electron chi connectivity index (χ1n) is 4.83. The van der Waals surface area contributed by atoms with Gasteiger partial charge in [0, 0.05) is 18.3 Å². The molecule has 0 aromatic carbocycles. The highest BCUT2D eigenvalue weighted by Gasteiger charge is 2.11. The number of aromatic nitrogens is 3. The lowest BCUT2D eigenvalue weighted by Crippen LogP contribution is -2.24. The van der Waals surface area contributed by atoms with Crippen LogP contribution in [0.5, 0.6) is 0 Å². The molecule has 0 aliphatic heterocycles. The topological polar surface area (TPSA) is 96.7 Å². The second-order valence-electron chi connectivity index (χ2n) is 3.38. The Morgan fingerprint density at radius 2 is 2.35 bits per heavy atom. The zero-order chi connectivity index (χ0) is 12.3. The molecule has 0 spiro atoms. The fourth-order valence-electron chi connectivity index (χ4n) is 1.28. The number of hydrogen-bond donors (Lipinski definition) is 3. The van der Waals surface area contributed by atoms with Crippen molar-refractivity contribution in [2.24, 2.45) is 0 Å². The number of hydrogen-bond acceptors (Lipinski definition) is 4. The summed E-state index contributed by atoms with van der Waals surface area (Å²) in [7, 11) is 0. The van der Waals surface area contributed by atoms with Gasteiger partial charge in [-0.1, -0.05) is 0 Å². The van der Waals surface area contributed by atoms with Crippen molar-refractivity contribution in [2.75, 3.05) is 5.73 Å². The van der Waals surface area contributed by atoms with Gasteiger partial charge in [0.25, 0.3) is 5.91 Å². The van der Waals surface area contributed by atoms with Crippen LogP contribution in [-0.2, 0) is 6.54 Å². The SMILES string of the molecule is Nc1ncc(F)cc1C(=O)NCc1cn[nH]c1. The standard InChI is InChI=1S/C10H10FN5O/c11-7-1-8(9(12)13-5-7)10(17)14-2-6-3-15-16-4-6/h1,3-5H,2H2,(H2,12,13)(H,14,17)(H,15,16). The van der Waals surface area contributed by atoms with Crippen molar-refractivity contribution in [1.82, 2.24) is 20.5 Å². The van der Waals surface area contributed by atoms with Crippen LogP contribution in [0.25, 0.3) is 0 Å². The molecule has 0 unspecified atom stereocenters. The lowest BCUT2D eigenvalue weighted by molar-refractivity contribution is 0.0951. The van der Waals surface area contributed by atoms with Crippen LogP contribution in [0.1, 0.15) is 15.9 Å². The third-order valence-corrected chi connectivity index (χ3v) is 2.14.